The average molecular weight is 376 g/mol. The lowest BCUT2D eigenvalue weighted by Gasteiger charge is -2.23. The van der Waals surface area contributed by atoms with Gasteiger partial charge in [0.1, 0.15) is 0 Å². The molecule has 150 valence electrons. The van der Waals surface area contributed by atoms with E-state index in [-0.39, 0.29) is 34.4 Å². The summed E-state index contributed by atoms with van der Waals surface area (Å²) in [7, 11) is 0. The molecule has 1 rings (SSSR count). The van der Waals surface area contributed by atoms with Gasteiger partial charge in [-0.05, 0) is 80.5 Å². The van der Waals surface area contributed by atoms with Crippen LogP contribution in [0.1, 0.15) is 93.4 Å². The smallest absolute Gasteiger partial charge is 0.251 e. The number of carbonyl (C=O) groups is 3. The quantitative estimate of drug-likeness (QED) is 0.758. The molecule has 6 heteroatoms. The molecule has 1 aromatic rings. The Kier molecular flexibility index (Phi) is 6.47. The SMILES string of the molecule is CC(C)(C)NC(=O)c1cc(C(=O)NC(C)(C)C)cc(C(=O)NC(C)(C)C)c1. The molecule has 0 saturated carbocycles. The number of carbonyl (C=O) groups excluding carboxylic acids is 3. The highest BCUT2D eigenvalue weighted by Gasteiger charge is 2.23. The van der Waals surface area contributed by atoms with Crippen molar-refractivity contribution in [1.82, 2.24) is 16.0 Å². The van der Waals surface area contributed by atoms with Crippen molar-refractivity contribution in [3.63, 3.8) is 0 Å². The third-order valence-corrected chi connectivity index (χ3v) is 3.19. The molecule has 3 N–H and O–H groups in total. The van der Waals surface area contributed by atoms with Gasteiger partial charge in [0.15, 0.2) is 0 Å². The molecule has 0 saturated heterocycles. The van der Waals surface area contributed by atoms with Crippen LogP contribution in [0.5, 0.6) is 0 Å². The lowest BCUT2D eigenvalue weighted by atomic mass is 10.00. The molecule has 0 aliphatic heterocycles. The largest absolute Gasteiger partial charge is 0.347 e. The van der Waals surface area contributed by atoms with Gasteiger partial charge < -0.3 is 16.0 Å². The zero-order valence-electron chi connectivity index (χ0n) is 18.0. The fourth-order valence-electron chi connectivity index (χ4n) is 2.26. The van der Waals surface area contributed by atoms with E-state index in [0.29, 0.717) is 0 Å². The Morgan fingerprint density at radius 2 is 0.704 bits per heavy atom. The highest BCUT2D eigenvalue weighted by Crippen LogP contribution is 2.15. The predicted octanol–water partition coefficient (Wildman–Crippen LogP) is 3.27. The topological polar surface area (TPSA) is 87.3 Å². The van der Waals surface area contributed by atoms with Crippen molar-refractivity contribution < 1.29 is 14.4 Å². The summed E-state index contributed by atoms with van der Waals surface area (Å²) in [6.45, 7) is 16.8. The molecule has 27 heavy (non-hydrogen) atoms. The second-order valence-corrected chi connectivity index (χ2v) is 9.91. The van der Waals surface area contributed by atoms with Gasteiger partial charge in [-0.2, -0.15) is 0 Å². The molecule has 0 spiro atoms. The Labute approximate surface area is 162 Å². The van der Waals surface area contributed by atoms with Gasteiger partial charge in [-0.3, -0.25) is 14.4 Å². The molecule has 0 bridgehead atoms. The number of hydrogen-bond donors (Lipinski definition) is 3. The second-order valence-electron chi connectivity index (χ2n) is 9.91. The number of benzene rings is 1. The van der Waals surface area contributed by atoms with E-state index in [2.05, 4.69) is 16.0 Å². The van der Waals surface area contributed by atoms with E-state index in [1.807, 2.05) is 62.3 Å². The Balaban J connectivity index is 3.36. The van der Waals surface area contributed by atoms with Gasteiger partial charge in [0.25, 0.3) is 17.7 Å². The molecular formula is C21H33N3O3. The van der Waals surface area contributed by atoms with Gasteiger partial charge in [0, 0.05) is 33.3 Å². The van der Waals surface area contributed by atoms with Crippen LogP contribution in [0.15, 0.2) is 18.2 Å². The molecule has 0 fully saturated rings. The maximum Gasteiger partial charge on any atom is 0.251 e. The first-order valence-corrected chi connectivity index (χ1v) is 9.09. The van der Waals surface area contributed by atoms with Crippen LogP contribution < -0.4 is 16.0 Å². The second kappa shape index (κ2) is 7.71. The molecule has 3 amide bonds. The average Bonchev–Trinajstić information content (AvgIpc) is 2.41. The van der Waals surface area contributed by atoms with Crippen LogP contribution in [0.4, 0.5) is 0 Å². The van der Waals surface area contributed by atoms with E-state index < -0.39 is 16.6 Å². The molecule has 1 aromatic carbocycles. The van der Waals surface area contributed by atoms with Crippen LogP contribution in [0.2, 0.25) is 0 Å². The molecule has 0 heterocycles. The normalized spacial score (nSPS) is 12.3. The van der Waals surface area contributed by atoms with E-state index in [1.54, 1.807) is 0 Å². The summed E-state index contributed by atoms with van der Waals surface area (Å²) in [5.74, 6) is -1.01. The Morgan fingerprint density at radius 1 is 0.519 bits per heavy atom. The van der Waals surface area contributed by atoms with E-state index >= 15 is 0 Å². The minimum Gasteiger partial charge on any atom is -0.347 e. The molecule has 0 unspecified atom stereocenters. The summed E-state index contributed by atoms with van der Waals surface area (Å²) in [6.07, 6.45) is 0. The van der Waals surface area contributed by atoms with Gasteiger partial charge in [0.05, 0.1) is 0 Å². The fourth-order valence-corrected chi connectivity index (χ4v) is 2.26. The standard InChI is InChI=1S/C21H33N3O3/c1-19(2,3)22-16(25)13-10-14(17(26)23-20(4,5)6)12-15(11-13)18(27)24-21(7,8)9/h10-12H,1-9H3,(H,22,25)(H,23,26)(H,24,27). The van der Waals surface area contributed by atoms with E-state index in [4.69, 9.17) is 0 Å². The third kappa shape index (κ3) is 8.24. The lowest BCUT2D eigenvalue weighted by Crippen LogP contribution is -2.43. The zero-order valence-corrected chi connectivity index (χ0v) is 18.0. The zero-order chi connectivity index (χ0) is 21.2. The van der Waals surface area contributed by atoms with Gasteiger partial charge in [0.2, 0.25) is 0 Å². The molecule has 0 aliphatic carbocycles. The van der Waals surface area contributed by atoms with Gasteiger partial charge >= 0.3 is 0 Å². The van der Waals surface area contributed by atoms with Crippen molar-refractivity contribution in [3.05, 3.63) is 34.9 Å². The number of hydrogen-bond acceptors (Lipinski definition) is 3. The Bertz CT molecular complexity index is 620. The molecule has 6 nitrogen and oxygen atoms in total. The van der Waals surface area contributed by atoms with Crippen LogP contribution in [0.25, 0.3) is 0 Å². The first kappa shape index (κ1) is 22.7. The first-order valence-electron chi connectivity index (χ1n) is 9.09. The van der Waals surface area contributed by atoms with Crippen molar-refractivity contribution in [2.45, 2.75) is 78.9 Å². The van der Waals surface area contributed by atoms with Crippen LogP contribution in [0.3, 0.4) is 0 Å². The van der Waals surface area contributed by atoms with E-state index in [9.17, 15) is 14.4 Å². The maximum absolute atomic E-state index is 12.6. The number of nitrogens with one attached hydrogen (secondary N) is 3. The number of rotatable bonds is 3. The molecule has 0 aliphatic rings. The minimum atomic E-state index is -0.436. The highest BCUT2D eigenvalue weighted by atomic mass is 16.2. The summed E-state index contributed by atoms with van der Waals surface area (Å²) >= 11 is 0. The van der Waals surface area contributed by atoms with Crippen LogP contribution in [0, 0.1) is 0 Å². The Morgan fingerprint density at radius 3 is 0.852 bits per heavy atom. The molecule has 0 radical (unpaired) electrons. The molecular weight excluding hydrogens is 342 g/mol. The summed E-state index contributed by atoms with van der Waals surface area (Å²) < 4.78 is 0. The van der Waals surface area contributed by atoms with Crippen molar-refractivity contribution in [2.24, 2.45) is 0 Å². The lowest BCUT2D eigenvalue weighted by molar-refractivity contribution is 0.0918. The third-order valence-electron chi connectivity index (χ3n) is 3.19. The predicted molar refractivity (Wildman–Crippen MR) is 108 cm³/mol. The summed E-state index contributed by atoms with van der Waals surface area (Å²) in [5, 5.41) is 8.59. The summed E-state index contributed by atoms with van der Waals surface area (Å²) in [5.41, 5.74) is -0.501. The molecule has 0 atom stereocenters. The van der Waals surface area contributed by atoms with Gasteiger partial charge in [-0.25, -0.2) is 0 Å². The number of amides is 3. The Hall–Kier alpha value is -2.37. The van der Waals surface area contributed by atoms with Crippen molar-refractivity contribution in [2.75, 3.05) is 0 Å². The summed E-state index contributed by atoms with van der Waals surface area (Å²) in [4.78, 5) is 37.8. The van der Waals surface area contributed by atoms with Gasteiger partial charge in [-0.15, -0.1) is 0 Å². The summed E-state index contributed by atoms with van der Waals surface area (Å²) in [6, 6.07) is 4.53. The van der Waals surface area contributed by atoms with Crippen molar-refractivity contribution in [1.29, 1.82) is 0 Å². The maximum atomic E-state index is 12.6. The van der Waals surface area contributed by atoms with Crippen molar-refractivity contribution >= 4 is 17.7 Å². The first-order chi connectivity index (χ1) is 12.0. The molecule has 0 aromatic heterocycles. The van der Waals surface area contributed by atoms with E-state index in [1.165, 1.54) is 18.2 Å². The van der Waals surface area contributed by atoms with Crippen LogP contribution in [-0.2, 0) is 0 Å². The van der Waals surface area contributed by atoms with Crippen LogP contribution in [-0.4, -0.2) is 34.3 Å². The highest BCUT2D eigenvalue weighted by molar-refractivity contribution is 6.04. The minimum absolute atomic E-state index is 0.269. The fraction of sp³-hybridized carbons (Fsp3) is 0.571. The van der Waals surface area contributed by atoms with E-state index in [0.717, 1.165) is 0 Å². The van der Waals surface area contributed by atoms with Crippen molar-refractivity contribution in [3.8, 4) is 0 Å². The van der Waals surface area contributed by atoms with Gasteiger partial charge in [-0.1, -0.05) is 0 Å². The van der Waals surface area contributed by atoms with Crippen LogP contribution >= 0.6 is 0 Å². The monoisotopic (exact) mass is 375 g/mol.